The number of ketones is 1. The topological polar surface area (TPSA) is 57.6 Å². The molecule has 4 nitrogen and oxygen atoms in total. The molecule has 4 heteroatoms. The largest absolute Gasteiger partial charge is 0.391 e. The Bertz CT molecular complexity index is 192. The van der Waals surface area contributed by atoms with Crippen molar-refractivity contribution >= 4 is 11.7 Å². The second-order valence-electron chi connectivity index (χ2n) is 3.19. The Labute approximate surface area is 71.2 Å². The highest BCUT2D eigenvalue weighted by atomic mass is 16.3. The van der Waals surface area contributed by atoms with E-state index in [2.05, 4.69) is 0 Å². The molecule has 68 valence electrons. The summed E-state index contributed by atoms with van der Waals surface area (Å²) >= 11 is 0. The van der Waals surface area contributed by atoms with Crippen molar-refractivity contribution in [3.8, 4) is 0 Å². The van der Waals surface area contributed by atoms with Crippen LogP contribution in [0.3, 0.4) is 0 Å². The lowest BCUT2D eigenvalue weighted by Crippen LogP contribution is -2.38. The first-order chi connectivity index (χ1) is 5.52. The summed E-state index contributed by atoms with van der Waals surface area (Å²) < 4.78 is 0. The number of hydrogen-bond donors (Lipinski definition) is 1. The van der Waals surface area contributed by atoms with Crippen LogP contribution in [-0.4, -0.2) is 40.4 Å². The van der Waals surface area contributed by atoms with Crippen LogP contribution in [0.2, 0.25) is 0 Å². The Kier molecular flexibility index (Phi) is 2.47. The highest BCUT2D eigenvalue weighted by Gasteiger charge is 2.35. The number of aliphatic hydroxyl groups is 1. The fourth-order valence-corrected chi connectivity index (χ4v) is 1.55. The molecule has 1 aliphatic rings. The second kappa shape index (κ2) is 3.23. The average Bonchev–Trinajstić information content (AvgIpc) is 2.31. The molecule has 0 aromatic heterocycles. The summed E-state index contributed by atoms with van der Waals surface area (Å²) in [7, 11) is 0. The first kappa shape index (κ1) is 9.19. The third-order valence-corrected chi connectivity index (χ3v) is 2.15. The average molecular weight is 171 g/mol. The van der Waals surface area contributed by atoms with E-state index >= 15 is 0 Å². The van der Waals surface area contributed by atoms with E-state index in [1.165, 1.54) is 18.7 Å². The molecular weight excluding hydrogens is 158 g/mol. The van der Waals surface area contributed by atoms with Gasteiger partial charge in [0, 0.05) is 19.9 Å². The van der Waals surface area contributed by atoms with Crippen molar-refractivity contribution in [2.45, 2.75) is 32.4 Å². The summed E-state index contributed by atoms with van der Waals surface area (Å²) in [6.45, 7) is 3.15. The van der Waals surface area contributed by atoms with Crippen LogP contribution in [0.25, 0.3) is 0 Å². The molecule has 1 rings (SSSR count). The third kappa shape index (κ3) is 1.64. The van der Waals surface area contributed by atoms with Gasteiger partial charge in [-0.15, -0.1) is 0 Å². The van der Waals surface area contributed by atoms with E-state index in [0.717, 1.165) is 0 Å². The minimum absolute atomic E-state index is 0.0539. The van der Waals surface area contributed by atoms with Crippen LogP contribution in [0.1, 0.15) is 20.3 Å². The molecule has 12 heavy (non-hydrogen) atoms. The molecule has 2 atom stereocenters. The SMILES string of the molecule is CC(=O)[C@@H]1CC(O)CN1C(C)=O. The number of Topliss-reactive ketones (excluding diaryl/α,β-unsaturated/α-hetero) is 1. The number of rotatable bonds is 1. The van der Waals surface area contributed by atoms with Gasteiger partial charge in [0.2, 0.25) is 5.91 Å². The maximum absolute atomic E-state index is 11.0. The molecule has 1 fully saturated rings. The summed E-state index contributed by atoms with van der Waals surface area (Å²) in [5.74, 6) is -0.200. The van der Waals surface area contributed by atoms with Crippen LogP contribution in [0, 0.1) is 0 Å². The standard InChI is InChI=1S/C8H13NO3/c1-5(10)8-3-7(12)4-9(8)6(2)11/h7-8,12H,3-4H2,1-2H3/t7?,8-/m0/s1. The quantitative estimate of drug-likeness (QED) is 0.581. The van der Waals surface area contributed by atoms with Crippen LogP contribution in [0.15, 0.2) is 0 Å². The lowest BCUT2D eigenvalue weighted by molar-refractivity contribution is -0.135. The summed E-state index contributed by atoms with van der Waals surface area (Å²) in [5.41, 5.74) is 0. The molecule has 0 spiro atoms. The van der Waals surface area contributed by atoms with Gasteiger partial charge in [0.05, 0.1) is 12.1 Å². The Morgan fingerprint density at radius 1 is 1.42 bits per heavy atom. The smallest absolute Gasteiger partial charge is 0.220 e. The number of likely N-dealkylation sites (tertiary alicyclic amines) is 1. The summed E-state index contributed by atoms with van der Waals surface area (Å²) in [6, 6.07) is -0.405. The third-order valence-electron chi connectivity index (χ3n) is 2.15. The molecule has 0 saturated carbocycles. The van der Waals surface area contributed by atoms with E-state index in [1.54, 1.807) is 0 Å². The number of amides is 1. The van der Waals surface area contributed by atoms with Gasteiger partial charge in [0.15, 0.2) is 5.78 Å². The summed E-state index contributed by atoms with van der Waals surface area (Å²) in [5, 5.41) is 9.22. The molecule has 1 amide bonds. The fraction of sp³-hybridized carbons (Fsp3) is 0.750. The van der Waals surface area contributed by atoms with Crippen LogP contribution in [-0.2, 0) is 9.59 Å². The highest BCUT2D eigenvalue weighted by Crippen LogP contribution is 2.18. The normalized spacial score (nSPS) is 29.1. The molecule has 1 unspecified atom stereocenters. The molecule has 0 aliphatic carbocycles. The molecular formula is C8H13NO3. The molecule has 0 aromatic carbocycles. The van der Waals surface area contributed by atoms with E-state index in [-0.39, 0.29) is 11.7 Å². The zero-order chi connectivity index (χ0) is 9.30. The Morgan fingerprint density at radius 3 is 2.33 bits per heavy atom. The number of carbonyl (C=O) groups excluding carboxylic acids is 2. The van der Waals surface area contributed by atoms with Gasteiger partial charge in [-0.05, 0) is 6.92 Å². The zero-order valence-corrected chi connectivity index (χ0v) is 7.28. The predicted octanol–water partition coefficient (Wildman–Crippen LogP) is -0.443. The summed E-state index contributed by atoms with van der Waals surface area (Å²) in [6.07, 6.45) is -0.155. The molecule has 1 N–H and O–H groups in total. The molecule has 1 aliphatic heterocycles. The van der Waals surface area contributed by atoms with Crippen molar-refractivity contribution in [2.24, 2.45) is 0 Å². The van der Waals surface area contributed by atoms with Crippen molar-refractivity contribution < 1.29 is 14.7 Å². The van der Waals surface area contributed by atoms with E-state index in [1.807, 2.05) is 0 Å². The minimum Gasteiger partial charge on any atom is -0.391 e. The van der Waals surface area contributed by atoms with Crippen molar-refractivity contribution in [2.75, 3.05) is 6.54 Å². The number of aliphatic hydroxyl groups excluding tert-OH is 1. The van der Waals surface area contributed by atoms with Gasteiger partial charge in [-0.25, -0.2) is 0 Å². The van der Waals surface area contributed by atoms with E-state index < -0.39 is 12.1 Å². The van der Waals surface area contributed by atoms with Crippen LogP contribution in [0.4, 0.5) is 0 Å². The van der Waals surface area contributed by atoms with Gasteiger partial charge in [-0.2, -0.15) is 0 Å². The Morgan fingerprint density at radius 2 is 2.00 bits per heavy atom. The van der Waals surface area contributed by atoms with Gasteiger partial charge >= 0.3 is 0 Å². The van der Waals surface area contributed by atoms with Gasteiger partial charge < -0.3 is 10.0 Å². The van der Waals surface area contributed by atoms with Gasteiger partial charge in [-0.1, -0.05) is 0 Å². The maximum Gasteiger partial charge on any atom is 0.220 e. The first-order valence-corrected chi connectivity index (χ1v) is 3.98. The lowest BCUT2D eigenvalue weighted by Gasteiger charge is -2.19. The van der Waals surface area contributed by atoms with Crippen molar-refractivity contribution in [1.82, 2.24) is 4.90 Å². The first-order valence-electron chi connectivity index (χ1n) is 3.98. The zero-order valence-electron chi connectivity index (χ0n) is 7.28. The summed E-state index contributed by atoms with van der Waals surface area (Å²) in [4.78, 5) is 23.4. The van der Waals surface area contributed by atoms with Crippen molar-refractivity contribution in [3.63, 3.8) is 0 Å². The van der Waals surface area contributed by atoms with Crippen LogP contribution in [0.5, 0.6) is 0 Å². The Hall–Kier alpha value is -0.900. The van der Waals surface area contributed by atoms with Gasteiger partial charge in [-0.3, -0.25) is 9.59 Å². The van der Waals surface area contributed by atoms with E-state index in [0.29, 0.717) is 13.0 Å². The van der Waals surface area contributed by atoms with Crippen molar-refractivity contribution in [3.05, 3.63) is 0 Å². The van der Waals surface area contributed by atoms with E-state index in [4.69, 9.17) is 0 Å². The van der Waals surface area contributed by atoms with Crippen molar-refractivity contribution in [1.29, 1.82) is 0 Å². The molecule has 0 bridgehead atoms. The maximum atomic E-state index is 11.0. The lowest BCUT2D eigenvalue weighted by atomic mass is 10.1. The van der Waals surface area contributed by atoms with Gasteiger partial charge in [0.1, 0.15) is 0 Å². The highest BCUT2D eigenvalue weighted by molar-refractivity contribution is 5.87. The minimum atomic E-state index is -0.539. The monoisotopic (exact) mass is 171 g/mol. The van der Waals surface area contributed by atoms with Gasteiger partial charge in [0.25, 0.3) is 0 Å². The fourth-order valence-electron chi connectivity index (χ4n) is 1.55. The molecule has 1 heterocycles. The van der Waals surface area contributed by atoms with Crippen LogP contribution >= 0.6 is 0 Å². The Balaban J connectivity index is 2.72. The number of nitrogens with zero attached hydrogens (tertiary/aromatic N) is 1. The number of β-amino-alcohol motifs (C(OH)–C–C–N with tert-alkyl or cyclic N) is 1. The number of carbonyl (C=O) groups is 2. The molecule has 0 aromatic rings. The predicted molar refractivity (Wildman–Crippen MR) is 42.5 cm³/mol. The molecule has 0 radical (unpaired) electrons. The molecule has 1 saturated heterocycles. The second-order valence-corrected chi connectivity index (χ2v) is 3.19. The van der Waals surface area contributed by atoms with E-state index in [9.17, 15) is 14.7 Å². The van der Waals surface area contributed by atoms with Crippen LogP contribution < -0.4 is 0 Å². The number of hydrogen-bond acceptors (Lipinski definition) is 3.